The first-order chi connectivity index (χ1) is 10.8. The van der Waals surface area contributed by atoms with E-state index in [-0.39, 0.29) is 17.2 Å². The maximum atomic E-state index is 12.4. The first-order valence-electron chi connectivity index (χ1n) is 7.90. The van der Waals surface area contributed by atoms with Crippen molar-refractivity contribution in [3.8, 4) is 0 Å². The van der Waals surface area contributed by atoms with Crippen molar-refractivity contribution in [2.45, 2.75) is 46.6 Å². The van der Waals surface area contributed by atoms with Crippen molar-refractivity contribution in [2.24, 2.45) is 5.92 Å². The van der Waals surface area contributed by atoms with Crippen LogP contribution in [0, 0.1) is 19.8 Å². The van der Waals surface area contributed by atoms with Gasteiger partial charge in [-0.05, 0) is 45.1 Å². The topological polar surface area (TPSA) is 76.8 Å². The van der Waals surface area contributed by atoms with E-state index in [1.165, 1.54) is 13.0 Å². The SMILES string of the molecule is Cc1cc(=O)oc(C)c1C(=O)O[C@@H](C)C(=O)N1CCC(C)CC1. The molecule has 6 nitrogen and oxygen atoms in total. The fourth-order valence-electron chi connectivity index (χ4n) is 2.82. The molecule has 0 unspecified atom stereocenters. The number of carbonyl (C=O) groups is 2. The Labute approximate surface area is 135 Å². The summed E-state index contributed by atoms with van der Waals surface area (Å²) in [5.41, 5.74) is 0.176. The van der Waals surface area contributed by atoms with Crippen LogP contribution in [0.15, 0.2) is 15.3 Å². The van der Waals surface area contributed by atoms with Crippen LogP contribution < -0.4 is 5.63 Å². The second kappa shape index (κ2) is 6.98. The van der Waals surface area contributed by atoms with Gasteiger partial charge in [-0.1, -0.05) is 6.92 Å². The van der Waals surface area contributed by atoms with Gasteiger partial charge in [0.25, 0.3) is 5.91 Å². The summed E-state index contributed by atoms with van der Waals surface area (Å²) in [5, 5.41) is 0. The Bertz CT molecular complexity index is 629. The minimum atomic E-state index is -0.860. The number of aryl methyl sites for hydroxylation is 2. The molecule has 0 spiro atoms. The number of esters is 1. The summed E-state index contributed by atoms with van der Waals surface area (Å²) in [4.78, 5) is 37.7. The van der Waals surface area contributed by atoms with Gasteiger partial charge >= 0.3 is 11.6 Å². The molecule has 1 fully saturated rings. The number of piperidine rings is 1. The molecule has 23 heavy (non-hydrogen) atoms. The van der Waals surface area contributed by atoms with Crippen molar-refractivity contribution in [3.05, 3.63) is 33.4 Å². The molecule has 0 aromatic carbocycles. The normalized spacial score (nSPS) is 17.0. The van der Waals surface area contributed by atoms with Crippen molar-refractivity contribution in [2.75, 3.05) is 13.1 Å². The number of ether oxygens (including phenoxy) is 1. The van der Waals surface area contributed by atoms with Crippen molar-refractivity contribution >= 4 is 11.9 Å². The van der Waals surface area contributed by atoms with Gasteiger partial charge in [-0.2, -0.15) is 0 Å². The number of hydrogen-bond donors (Lipinski definition) is 0. The molecule has 1 aliphatic heterocycles. The lowest BCUT2D eigenvalue weighted by molar-refractivity contribution is -0.141. The van der Waals surface area contributed by atoms with Crippen LogP contribution in [0.25, 0.3) is 0 Å². The number of likely N-dealkylation sites (tertiary alicyclic amines) is 1. The van der Waals surface area contributed by atoms with Crippen LogP contribution in [0.4, 0.5) is 0 Å². The summed E-state index contributed by atoms with van der Waals surface area (Å²) in [6, 6.07) is 1.24. The molecule has 1 atom stereocenters. The van der Waals surface area contributed by atoms with Crippen LogP contribution in [-0.4, -0.2) is 36.0 Å². The highest BCUT2D eigenvalue weighted by atomic mass is 16.5. The summed E-state index contributed by atoms with van der Waals surface area (Å²) >= 11 is 0. The van der Waals surface area contributed by atoms with E-state index in [0.717, 1.165) is 12.8 Å². The smallest absolute Gasteiger partial charge is 0.342 e. The van der Waals surface area contributed by atoms with Gasteiger partial charge in [0.05, 0.1) is 0 Å². The molecule has 1 amide bonds. The van der Waals surface area contributed by atoms with Crippen molar-refractivity contribution in [1.82, 2.24) is 4.90 Å². The fourth-order valence-corrected chi connectivity index (χ4v) is 2.82. The van der Waals surface area contributed by atoms with Gasteiger partial charge in [-0.25, -0.2) is 9.59 Å². The Kier molecular flexibility index (Phi) is 5.23. The van der Waals surface area contributed by atoms with Crippen LogP contribution in [0.2, 0.25) is 0 Å². The molecule has 0 saturated carbocycles. The molecule has 2 heterocycles. The Balaban J connectivity index is 2.05. The number of amides is 1. The van der Waals surface area contributed by atoms with Crippen molar-refractivity contribution in [1.29, 1.82) is 0 Å². The lowest BCUT2D eigenvalue weighted by Crippen LogP contribution is -2.44. The lowest BCUT2D eigenvalue weighted by atomic mass is 9.99. The van der Waals surface area contributed by atoms with E-state index < -0.39 is 17.7 Å². The van der Waals surface area contributed by atoms with Gasteiger partial charge in [0.15, 0.2) is 6.10 Å². The zero-order valence-electron chi connectivity index (χ0n) is 14.0. The van der Waals surface area contributed by atoms with E-state index in [0.29, 0.717) is 24.6 Å². The van der Waals surface area contributed by atoms with Gasteiger partial charge in [0.2, 0.25) is 0 Å². The maximum absolute atomic E-state index is 12.4. The molecule has 0 N–H and O–H groups in total. The molecular weight excluding hydrogens is 298 g/mol. The molecule has 0 bridgehead atoms. The molecular formula is C17H23NO5. The number of hydrogen-bond acceptors (Lipinski definition) is 5. The van der Waals surface area contributed by atoms with E-state index in [4.69, 9.17) is 9.15 Å². The predicted octanol–water partition coefficient (Wildman–Crippen LogP) is 2.06. The minimum Gasteiger partial charge on any atom is -0.449 e. The summed E-state index contributed by atoms with van der Waals surface area (Å²) in [6.07, 6.45) is 1.07. The molecule has 6 heteroatoms. The quantitative estimate of drug-likeness (QED) is 0.796. The third-order valence-electron chi connectivity index (χ3n) is 4.27. The van der Waals surface area contributed by atoms with Gasteiger partial charge in [-0.3, -0.25) is 4.79 Å². The second-order valence-corrected chi connectivity index (χ2v) is 6.23. The van der Waals surface area contributed by atoms with Crippen LogP contribution in [0.1, 0.15) is 48.4 Å². The van der Waals surface area contributed by atoms with Gasteiger partial charge in [0, 0.05) is 19.2 Å². The number of nitrogens with zero attached hydrogens (tertiary/aromatic N) is 1. The van der Waals surface area contributed by atoms with Crippen LogP contribution in [0.3, 0.4) is 0 Å². The maximum Gasteiger partial charge on any atom is 0.342 e. The van der Waals surface area contributed by atoms with E-state index >= 15 is 0 Å². The minimum absolute atomic E-state index is 0.182. The van der Waals surface area contributed by atoms with Gasteiger partial charge in [-0.15, -0.1) is 0 Å². The van der Waals surface area contributed by atoms with Gasteiger partial charge in [0.1, 0.15) is 11.3 Å². The van der Waals surface area contributed by atoms with Crippen LogP contribution in [-0.2, 0) is 9.53 Å². The third-order valence-corrected chi connectivity index (χ3v) is 4.27. The predicted molar refractivity (Wildman–Crippen MR) is 84.3 cm³/mol. The monoisotopic (exact) mass is 321 g/mol. The Morgan fingerprint density at radius 1 is 1.30 bits per heavy atom. The first-order valence-corrected chi connectivity index (χ1v) is 7.90. The molecule has 1 aromatic rings. The second-order valence-electron chi connectivity index (χ2n) is 6.23. The largest absolute Gasteiger partial charge is 0.449 e. The third kappa shape index (κ3) is 4.00. The van der Waals surface area contributed by atoms with Crippen LogP contribution >= 0.6 is 0 Å². The zero-order valence-corrected chi connectivity index (χ0v) is 14.0. The first kappa shape index (κ1) is 17.2. The summed E-state index contributed by atoms with van der Waals surface area (Å²) in [6.45, 7) is 8.30. The van der Waals surface area contributed by atoms with E-state index in [1.807, 2.05) is 0 Å². The summed E-state index contributed by atoms with van der Waals surface area (Å²) in [7, 11) is 0. The van der Waals surface area contributed by atoms with Crippen LogP contribution in [0.5, 0.6) is 0 Å². The summed E-state index contributed by atoms with van der Waals surface area (Å²) < 4.78 is 10.2. The fraction of sp³-hybridized carbons (Fsp3) is 0.588. The zero-order chi connectivity index (χ0) is 17.1. The molecule has 1 aromatic heterocycles. The number of rotatable bonds is 3. The summed E-state index contributed by atoms with van der Waals surface area (Å²) in [5.74, 6) is -0.00575. The van der Waals surface area contributed by atoms with Crippen molar-refractivity contribution < 1.29 is 18.7 Å². The molecule has 126 valence electrons. The van der Waals surface area contributed by atoms with Crippen molar-refractivity contribution in [3.63, 3.8) is 0 Å². The standard InChI is InChI=1S/C17H23NO5/c1-10-5-7-18(8-6-10)16(20)13(4)23-17(21)15-11(2)9-14(19)22-12(15)3/h9-10,13H,5-8H2,1-4H3/t13-/m0/s1. The molecule has 0 radical (unpaired) electrons. The van der Waals surface area contributed by atoms with Gasteiger partial charge < -0.3 is 14.1 Å². The Morgan fingerprint density at radius 2 is 1.91 bits per heavy atom. The highest BCUT2D eigenvalue weighted by Gasteiger charge is 2.28. The van der Waals surface area contributed by atoms with E-state index in [1.54, 1.807) is 18.7 Å². The number of carbonyl (C=O) groups excluding carboxylic acids is 2. The average Bonchev–Trinajstić information content (AvgIpc) is 2.46. The average molecular weight is 321 g/mol. The highest BCUT2D eigenvalue weighted by Crippen LogP contribution is 2.18. The Morgan fingerprint density at radius 3 is 2.48 bits per heavy atom. The Hall–Kier alpha value is -2.11. The highest BCUT2D eigenvalue weighted by molar-refractivity contribution is 5.94. The molecule has 1 saturated heterocycles. The molecule has 1 aliphatic rings. The lowest BCUT2D eigenvalue weighted by Gasteiger charge is -2.31. The molecule has 2 rings (SSSR count). The molecule has 0 aliphatic carbocycles. The van der Waals surface area contributed by atoms with E-state index in [9.17, 15) is 14.4 Å². The van der Waals surface area contributed by atoms with E-state index in [2.05, 4.69) is 6.92 Å².